The number of ether oxygens (including phenoxy) is 2. The zero-order chi connectivity index (χ0) is 16.2. The maximum Gasteiger partial charge on any atom is 0.137 e. The number of piperazine rings is 1. The molecule has 0 amide bonds. The van der Waals surface area contributed by atoms with E-state index in [1.807, 2.05) is 0 Å². The normalized spacial score (nSPS) is 17.0. The van der Waals surface area contributed by atoms with Crippen LogP contribution < -0.4 is 14.8 Å². The molecule has 2 heterocycles. The van der Waals surface area contributed by atoms with Crippen molar-refractivity contribution >= 4 is 27.3 Å². The second-order valence-electron chi connectivity index (χ2n) is 5.44. The highest BCUT2D eigenvalue weighted by Gasteiger charge is 2.26. The van der Waals surface area contributed by atoms with E-state index in [2.05, 4.69) is 55.8 Å². The summed E-state index contributed by atoms with van der Waals surface area (Å²) in [7, 11) is 3.38. The van der Waals surface area contributed by atoms with Crippen LogP contribution in [-0.4, -0.2) is 45.3 Å². The van der Waals surface area contributed by atoms with Gasteiger partial charge in [-0.25, -0.2) is 0 Å². The van der Waals surface area contributed by atoms with Crippen LogP contribution in [0.3, 0.4) is 0 Å². The molecule has 1 aliphatic rings. The molecule has 2 aromatic rings. The summed E-state index contributed by atoms with van der Waals surface area (Å²) >= 11 is 5.35. The van der Waals surface area contributed by atoms with E-state index < -0.39 is 0 Å². The van der Waals surface area contributed by atoms with Gasteiger partial charge in [0, 0.05) is 31.1 Å². The molecule has 0 spiro atoms. The lowest BCUT2D eigenvalue weighted by Gasteiger charge is -2.35. The van der Waals surface area contributed by atoms with Gasteiger partial charge in [-0.3, -0.25) is 4.90 Å². The average molecular weight is 397 g/mol. The number of hydrogen-bond donors (Lipinski definition) is 1. The Balaban J connectivity index is 2.05. The average Bonchev–Trinajstić information content (AvgIpc) is 3.11. The van der Waals surface area contributed by atoms with E-state index in [1.54, 1.807) is 25.6 Å². The zero-order valence-electron chi connectivity index (χ0n) is 13.3. The van der Waals surface area contributed by atoms with Crippen LogP contribution in [-0.2, 0) is 0 Å². The van der Waals surface area contributed by atoms with Gasteiger partial charge in [0.2, 0.25) is 0 Å². The Morgan fingerprint density at radius 2 is 1.83 bits per heavy atom. The third kappa shape index (κ3) is 3.55. The summed E-state index contributed by atoms with van der Waals surface area (Å²) in [6.45, 7) is 4.10. The predicted octanol–water partition coefficient (Wildman–Crippen LogP) is 3.52. The Kier molecular flexibility index (Phi) is 5.58. The number of thiophene rings is 1. The molecule has 124 valence electrons. The highest BCUT2D eigenvalue weighted by Crippen LogP contribution is 2.41. The van der Waals surface area contributed by atoms with Gasteiger partial charge in [0.15, 0.2) is 0 Å². The molecule has 1 saturated heterocycles. The Labute approximate surface area is 149 Å². The summed E-state index contributed by atoms with van der Waals surface area (Å²) in [5, 5.41) is 5.56. The van der Waals surface area contributed by atoms with Gasteiger partial charge in [0.25, 0.3) is 0 Å². The molecule has 3 rings (SSSR count). The van der Waals surface area contributed by atoms with Gasteiger partial charge in [0.05, 0.1) is 20.3 Å². The minimum atomic E-state index is 0.230. The zero-order valence-corrected chi connectivity index (χ0v) is 15.7. The molecule has 0 radical (unpaired) electrons. The molecule has 1 aliphatic heterocycles. The van der Waals surface area contributed by atoms with Crippen molar-refractivity contribution in [3.05, 3.63) is 44.6 Å². The Bertz CT molecular complexity index is 617. The van der Waals surface area contributed by atoms with E-state index in [0.717, 1.165) is 42.2 Å². The quantitative estimate of drug-likeness (QED) is 0.837. The van der Waals surface area contributed by atoms with Crippen molar-refractivity contribution in [3.8, 4) is 11.5 Å². The molecule has 6 heteroatoms. The largest absolute Gasteiger partial charge is 0.495 e. The summed E-state index contributed by atoms with van der Waals surface area (Å²) < 4.78 is 11.9. The van der Waals surface area contributed by atoms with Crippen LogP contribution in [0.5, 0.6) is 11.5 Å². The fourth-order valence-corrected chi connectivity index (χ4v) is 4.43. The lowest BCUT2D eigenvalue weighted by Crippen LogP contribution is -2.45. The number of halogens is 1. The molecule has 1 fully saturated rings. The summed E-state index contributed by atoms with van der Waals surface area (Å²) in [6.07, 6.45) is 0. The maximum atomic E-state index is 5.53. The smallest absolute Gasteiger partial charge is 0.137 e. The monoisotopic (exact) mass is 396 g/mol. The van der Waals surface area contributed by atoms with Crippen molar-refractivity contribution < 1.29 is 9.47 Å². The molecule has 0 bridgehead atoms. The number of benzene rings is 1. The predicted molar refractivity (Wildman–Crippen MR) is 97.9 cm³/mol. The first-order valence-electron chi connectivity index (χ1n) is 7.64. The van der Waals surface area contributed by atoms with Crippen LogP contribution in [0.4, 0.5) is 0 Å². The SMILES string of the molecule is COc1cc([C@@H](c2cccs2)N2CCNCC2)cc(OC)c1Br. The van der Waals surface area contributed by atoms with Crippen molar-refractivity contribution in [3.63, 3.8) is 0 Å². The summed E-state index contributed by atoms with van der Waals surface area (Å²) in [6, 6.07) is 8.77. The number of nitrogens with zero attached hydrogens (tertiary/aromatic N) is 1. The van der Waals surface area contributed by atoms with Crippen LogP contribution in [0.1, 0.15) is 16.5 Å². The highest BCUT2D eigenvalue weighted by molar-refractivity contribution is 9.10. The first-order chi connectivity index (χ1) is 11.2. The number of nitrogens with one attached hydrogen (secondary N) is 1. The van der Waals surface area contributed by atoms with E-state index in [-0.39, 0.29) is 6.04 Å². The molecule has 0 aliphatic carbocycles. The van der Waals surface area contributed by atoms with Crippen LogP contribution in [0.25, 0.3) is 0 Å². The van der Waals surface area contributed by atoms with Crippen LogP contribution in [0.2, 0.25) is 0 Å². The number of hydrogen-bond acceptors (Lipinski definition) is 5. The van der Waals surface area contributed by atoms with Gasteiger partial charge in [-0.2, -0.15) is 0 Å². The third-order valence-electron chi connectivity index (χ3n) is 4.11. The number of methoxy groups -OCH3 is 2. The second kappa shape index (κ2) is 7.66. The molecule has 1 N–H and O–H groups in total. The van der Waals surface area contributed by atoms with E-state index in [4.69, 9.17) is 9.47 Å². The first-order valence-corrected chi connectivity index (χ1v) is 9.31. The van der Waals surface area contributed by atoms with Crippen molar-refractivity contribution in [2.24, 2.45) is 0 Å². The molecule has 4 nitrogen and oxygen atoms in total. The molecule has 0 saturated carbocycles. The van der Waals surface area contributed by atoms with Crippen molar-refractivity contribution in [2.45, 2.75) is 6.04 Å². The molecule has 0 unspecified atom stereocenters. The van der Waals surface area contributed by atoms with Gasteiger partial charge >= 0.3 is 0 Å². The van der Waals surface area contributed by atoms with Crippen molar-refractivity contribution in [1.82, 2.24) is 10.2 Å². The van der Waals surface area contributed by atoms with E-state index >= 15 is 0 Å². The molecule has 23 heavy (non-hydrogen) atoms. The number of rotatable bonds is 5. The Morgan fingerprint density at radius 3 is 2.35 bits per heavy atom. The molecule has 1 aromatic heterocycles. The molecular formula is C17H21BrN2O2S. The van der Waals surface area contributed by atoms with Crippen molar-refractivity contribution in [1.29, 1.82) is 0 Å². The van der Waals surface area contributed by atoms with E-state index in [1.165, 1.54) is 10.4 Å². The van der Waals surface area contributed by atoms with Gasteiger partial charge in [0.1, 0.15) is 16.0 Å². The Morgan fingerprint density at radius 1 is 1.17 bits per heavy atom. The van der Waals surface area contributed by atoms with E-state index in [0.29, 0.717) is 0 Å². The standard InChI is InChI=1S/C17H21BrN2O2S/c1-21-13-10-12(11-14(22-2)16(13)18)17(15-4-3-9-23-15)20-7-5-19-6-8-20/h3-4,9-11,17,19H,5-8H2,1-2H3/t17-/m0/s1. The molecule has 1 aromatic carbocycles. The fourth-order valence-electron chi connectivity index (χ4n) is 2.99. The lowest BCUT2D eigenvalue weighted by atomic mass is 10.0. The minimum absolute atomic E-state index is 0.230. The van der Waals surface area contributed by atoms with E-state index in [9.17, 15) is 0 Å². The summed E-state index contributed by atoms with van der Waals surface area (Å²) in [4.78, 5) is 3.86. The lowest BCUT2D eigenvalue weighted by molar-refractivity contribution is 0.200. The minimum Gasteiger partial charge on any atom is -0.495 e. The van der Waals surface area contributed by atoms with Gasteiger partial charge in [-0.05, 0) is 45.1 Å². The summed E-state index contributed by atoms with van der Waals surface area (Å²) in [5.41, 5.74) is 1.20. The van der Waals surface area contributed by atoms with Gasteiger partial charge in [-0.15, -0.1) is 11.3 Å². The second-order valence-corrected chi connectivity index (χ2v) is 7.22. The fraction of sp³-hybridized carbons (Fsp3) is 0.412. The Hall–Kier alpha value is -1.08. The topological polar surface area (TPSA) is 33.7 Å². The van der Waals surface area contributed by atoms with Gasteiger partial charge in [-0.1, -0.05) is 6.07 Å². The molecular weight excluding hydrogens is 376 g/mol. The molecule has 1 atom stereocenters. The summed E-state index contributed by atoms with van der Waals surface area (Å²) in [5.74, 6) is 1.60. The highest BCUT2D eigenvalue weighted by atomic mass is 79.9. The van der Waals surface area contributed by atoms with Crippen LogP contribution in [0, 0.1) is 0 Å². The van der Waals surface area contributed by atoms with Gasteiger partial charge < -0.3 is 14.8 Å². The van der Waals surface area contributed by atoms with Crippen molar-refractivity contribution in [2.75, 3.05) is 40.4 Å². The van der Waals surface area contributed by atoms with Crippen LogP contribution in [0.15, 0.2) is 34.1 Å². The maximum absolute atomic E-state index is 5.53. The third-order valence-corrected chi connectivity index (χ3v) is 5.82. The van der Waals surface area contributed by atoms with Crippen LogP contribution >= 0.6 is 27.3 Å². The first kappa shape index (κ1) is 16.8.